The SMILES string of the molecule is CC(C)OCC(O)CC1(C(=O)O)COc2ccccc2C1. The van der Waals surface area contributed by atoms with E-state index in [1.165, 1.54) is 0 Å². The zero-order valence-electron chi connectivity index (χ0n) is 12.4. The summed E-state index contributed by atoms with van der Waals surface area (Å²) in [5.41, 5.74) is -0.239. The molecule has 1 aliphatic heterocycles. The van der Waals surface area contributed by atoms with Crippen LogP contribution in [0.3, 0.4) is 0 Å². The average molecular weight is 294 g/mol. The zero-order chi connectivity index (χ0) is 15.5. The van der Waals surface area contributed by atoms with E-state index >= 15 is 0 Å². The second kappa shape index (κ2) is 6.45. The van der Waals surface area contributed by atoms with Gasteiger partial charge in [0.25, 0.3) is 0 Å². The number of benzene rings is 1. The molecule has 1 aromatic carbocycles. The molecule has 5 heteroatoms. The van der Waals surface area contributed by atoms with Crippen LogP contribution in [0, 0.1) is 5.41 Å². The van der Waals surface area contributed by atoms with Crippen molar-refractivity contribution in [2.75, 3.05) is 13.2 Å². The second-order valence-corrected chi connectivity index (χ2v) is 5.90. The number of fused-ring (bicyclic) bond motifs is 1. The van der Waals surface area contributed by atoms with E-state index in [9.17, 15) is 15.0 Å². The summed E-state index contributed by atoms with van der Waals surface area (Å²) >= 11 is 0. The summed E-state index contributed by atoms with van der Waals surface area (Å²) in [5, 5.41) is 19.7. The molecule has 0 bridgehead atoms. The third-order valence-corrected chi connectivity index (χ3v) is 3.71. The lowest BCUT2D eigenvalue weighted by Crippen LogP contribution is -2.45. The third-order valence-electron chi connectivity index (χ3n) is 3.71. The zero-order valence-corrected chi connectivity index (χ0v) is 12.4. The highest BCUT2D eigenvalue weighted by atomic mass is 16.5. The number of carboxylic acids is 1. The number of aliphatic hydroxyl groups excluding tert-OH is 1. The Hall–Kier alpha value is -1.59. The van der Waals surface area contributed by atoms with Crippen LogP contribution in [0.5, 0.6) is 5.75 Å². The van der Waals surface area contributed by atoms with Gasteiger partial charge in [-0.25, -0.2) is 0 Å². The van der Waals surface area contributed by atoms with E-state index in [0.717, 1.165) is 11.3 Å². The molecule has 0 saturated carbocycles. The van der Waals surface area contributed by atoms with E-state index in [1.807, 2.05) is 38.1 Å². The van der Waals surface area contributed by atoms with Crippen molar-refractivity contribution >= 4 is 5.97 Å². The highest BCUT2D eigenvalue weighted by molar-refractivity contribution is 5.76. The van der Waals surface area contributed by atoms with Crippen molar-refractivity contribution < 1.29 is 24.5 Å². The number of carbonyl (C=O) groups is 1. The molecular weight excluding hydrogens is 272 g/mol. The number of ether oxygens (including phenoxy) is 2. The molecule has 0 aromatic heterocycles. The highest BCUT2D eigenvalue weighted by Gasteiger charge is 2.44. The summed E-state index contributed by atoms with van der Waals surface area (Å²) in [5.74, 6) is -0.220. The first-order valence-electron chi connectivity index (χ1n) is 7.17. The van der Waals surface area contributed by atoms with Crippen LogP contribution in [-0.2, 0) is 16.0 Å². The van der Waals surface area contributed by atoms with Gasteiger partial charge in [0.1, 0.15) is 17.8 Å². The molecule has 2 N–H and O–H groups in total. The van der Waals surface area contributed by atoms with Crippen molar-refractivity contribution in [3.8, 4) is 5.75 Å². The molecule has 2 unspecified atom stereocenters. The molecule has 0 amide bonds. The van der Waals surface area contributed by atoms with E-state index in [-0.39, 0.29) is 25.7 Å². The van der Waals surface area contributed by atoms with Crippen molar-refractivity contribution in [1.29, 1.82) is 0 Å². The Morgan fingerprint density at radius 1 is 1.43 bits per heavy atom. The standard InChI is InChI=1S/C16H22O5/c1-11(2)20-9-13(17)8-16(15(18)19)7-12-5-3-4-6-14(12)21-10-16/h3-6,11,13,17H,7-10H2,1-2H3,(H,18,19). The summed E-state index contributed by atoms with van der Waals surface area (Å²) in [6, 6.07) is 7.42. The van der Waals surface area contributed by atoms with E-state index in [4.69, 9.17) is 9.47 Å². The molecule has 1 aromatic rings. The number of rotatable bonds is 6. The van der Waals surface area contributed by atoms with Gasteiger partial charge in [0.05, 0.1) is 18.8 Å². The molecular formula is C16H22O5. The molecule has 2 atom stereocenters. The van der Waals surface area contributed by atoms with E-state index in [2.05, 4.69) is 0 Å². The molecule has 0 fully saturated rings. The minimum absolute atomic E-state index is 0.00348. The van der Waals surface area contributed by atoms with Crippen LogP contribution < -0.4 is 4.74 Å². The maximum absolute atomic E-state index is 11.7. The third kappa shape index (κ3) is 3.74. The van der Waals surface area contributed by atoms with Gasteiger partial charge in [-0.05, 0) is 38.3 Å². The summed E-state index contributed by atoms with van der Waals surface area (Å²) in [6.45, 7) is 3.95. The van der Waals surface area contributed by atoms with Gasteiger partial charge in [0.2, 0.25) is 0 Å². The van der Waals surface area contributed by atoms with Crippen LogP contribution in [-0.4, -0.2) is 41.6 Å². The minimum atomic E-state index is -1.10. The van der Waals surface area contributed by atoms with Crippen molar-refractivity contribution in [2.24, 2.45) is 5.41 Å². The number of carboxylic acid groups (broad SMARTS) is 1. The van der Waals surface area contributed by atoms with E-state index < -0.39 is 17.5 Å². The van der Waals surface area contributed by atoms with Crippen molar-refractivity contribution in [3.63, 3.8) is 0 Å². The molecule has 116 valence electrons. The molecule has 1 heterocycles. The van der Waals surface area contributed by atoms with Crippen LogP contribution in [0.4, 0.5) is 0 Å². The smallest absolute Gasteiger partial charge is 0.313 e. The molecule has 0 saturated heterocycles. The summed E-state index contributed by atoms with van der Waals surface area (Å²) < 4.78 is 11.0. The van der Waals surface area contributed by atoms with E-state index in [0.29, 0.717) is 6.42 Å². The number of aliphatic carboxylic acids is 1. The van der Waals surface area contributed by atoms with Gasteiger partial charge in [0, 0.05) is 0 Å². The lowest BCUT2D eigenvalue weighted by Gasteiger charge is -2.35. The Labute approximate surface area is 124 Å². The summed E-state index contributed by atoms with van der Waals surface area (Å²) in [4.78, 5) is 11.7. The minimum Gasteiger partial charge on any atom is -0.492 e. The lowest BCUT2D eigenvalue weighted by molar-refractivity contribution is -0.155. The Balaban J connectivity index is 2.10. The van der Waals surface area contributed by atoms with Crippen molar-refractivity contribution in [2.45, 2.75) is 38.9 Å². The largest absolute Gasteiger partial charge is 0.492 e. The maximum Gasteiger partial charge on any atom is 0.313 e. The van der Waals surface area contributed by atoms with Gasteiger partial charge in [-0.1, -0.05) is 18.2 Å². The normalized spacial score (nSPS) is 22.5. The molecule has 1 aliphatic rings. The van der Waals surface area contributed by atoms with Gasteiger partial charge in [-0.2, -0.15) is 0 Å². The van der Waals surface area contributed by atoms with Crippen molar-refractivity contribution in [1.82, 2.24) is 0 Å². The fraction of sp³-hybridized carbons (Fsp3) is 0.562. The Kier molecular flexibility index (Phi) is 4.85. The number of aliphatic hydroxyl groups is 1. The van der Waals surface area contributed by atoms with Crippen LogP contribution in [0.1, 0.15) is 25.8 Å². The topological polar surface area (TPSA) is 76.0 Å². The second-order valence-electron chi connectivity index (χ2n) is 5.90. The number of para-hydroxylation sites is 1. The van der Waals surface area contributed by atoms with Gasteiger partial charge in [-0.3, -0.25) is 4.79 Å². The van der Waals surface area contributed by atoms with Crippen LogP contribution >= 0.6 is 0 Å². The lowest BCUT2D eigenvalue weighted by atomic mass is 9.76. The molecule has 5 nitrogen and oxygen atoms in total. The first-order valence-corrected chi connectivity index (χ1v) is 7.17. The summed E-state index contributed by atoms with van der Waals surface area (Å²) in [7, 11) is 0. The van der Waals surface area contributed by atoms with Gasteiger partial charge >= 0.3 is 5.97 Å². The fourth-order valence-electron chi connectivity index (χ4n) is 2.59. The molecule has 0 spiro atoms. The van der Waals surface area contributed by atoms with Crippen molar-refractivity contribution in [3.05, 3.63) is 29.8 Å². The van der Waals surface area contributed by atoms with Gasteiger partial charge < -0.3 is 19.7 Å². The Bertz CT molecular complexity index is 499. The van der Waals surface area contributed by atoms with Gasteiger partial charge in [-0.15, -0.1) is 0 Å². The molecule has 0 radical (unpaired) electrons. The maximum atomic E-state index is 11.7. The predicted octanol–water partition coefficient (Wildman–Crippen LogP) is 1.87. The molecule has 21 heavy (non-hydrogen) atoms. The monoisotopic (exact) mass is 294 g/mol. The van der Waals surface area contributed by atoms with Gasteiger partial charge in [0.15, 0.2) is 0 Å². The summed E-state index contributed by atoms with van der Waals surface area (Å²) in [6.07, 6.45) is -0.346. The fourth-order valence-corrected chi connectivity index (χ4v) is 2.59. The molecule has 0 aliphatic carbocycles. The van der Waals surface area contributed by atoms with E-state index in [1.54, 1.807) is 0 Å². The Morgan fingerprint density at radius 2 is 2.14 bits per heavy atom. The number of hydrogen-bond acceptors (Lipinski definition) is 4. The average Bonchev–Trinajstić information content (AvgIpc) is 2.45. The van der Waals surface area contributed by atoms with Crippen LogP contribution in [0.25, 0.3) is 0 Å². The van der Waals surface area contributed by atoms with Crippen LogP contribution in [0.2, 0.25) is 0 Å². The predicted molar refractivity (Wildman–Crippen MR) is 77.4 cm³/mol. The number of hydrogen-bond donors (Lipinski definition) is 2. The first-order chi connectivity index (χ1) is 9.93. The first kappa shape index (κ1) is 15.8. The molecule has 2 rings (SSSR count). The highest BCUT2D eigenvalue weighted by Crippen LogP contribution is 2.38. The van der Waals surface area contributed by atoms with Crippen LogP contribution in [0.15, 0.2) is 24.3 Å². The quantitative estimate of drug-likeness (QED) is 0.837. The Morgan fingerprint density at radius 3 is 2.81 bits per heavy atom.